The molecule has 0 aromatic heterocycles. The molecule has 32 heavy (non-hydrogen) atoms. The predicted molar refractivity (Wildman–Crippen MR) is 126 cm³/mol. The molecule has 164 valence electrons. The van der Waals surface area contributed by atoms with Gasteiger partial charge in [-0.1, -0.05) is 48.5 Å². The van der Waals surface area contributed by atoms with Crippen LogP contribution in [0, 0.1) is 0 Å². The Kier molecular flexibility index (Phi) is 7.41. The van der Waals surface area contributed by atoms with Crippen LogP contribution in [0.4, 0.5) is 11.4 Å². The standard InChI is InChI=1S/C24H23N3O4S/c1-27(18-23(28)25-21-10-6-3-7-11-21)24(29)20-12-14-22(15-13-20)26-32(30,31)17-16-19-8-4-2-5-9-19/h2-17,26H,18H2,1H3,(H,25,28)/b17-16+. The Hall–Kier alpha value is -3.91. The quantitative estimate of drug-likeness (QED) is 0.547. The number of carbonyl (C=O) groups is 2. The van der Waals surface area contributed by atoms with Crippen molar-refractivity contribution in [2.75, 3.05) is 23.6 Å². The SMILES string of the molecule is CN(CC(=O)Nc1ccccc1)C(=O)c1ccc(NS(=O)(=O)/C=C/c2ccccc2)cc1. The van der Waals surface area contributed by atoms with Crippen LogP contribution in [0.3, 0.4) is 0 Å². The highest BCUT2D eigenvalue weighted by molar-refractivity contribution is 7.95. The summed E-state index contributed by atoms with van der Waals surface area (Å²) in [5.41, 5.74) is 2.07. The lowest BCUT2D eigenvalue weighted by molar-refractivity contribution is -0.116. The van der Waals surface area contributed by atoms with E-state index in [1.54, 1.807) is 36.4 Å². The van der Waals surface area contributed by atoms with E-state index < -0.39 is 10.0 Å². The molecule has 3 aromatic carbocycles. The molecular weight excluding hydrogens is 426 g/mol. The van der Waals surface area contributed by atoms with Gasteiger partial charge in [0.15, 0.2) is 0 Å². The van der Waals surface area contributed by atoms with Gasteiger partial charge >= 0.3 is 0 Å². The summed E-state index contributed by atoms with van der Waals surface area (Å²) in [6, 6.07) is 24.0. The third-order valence-electron chi connectivity index (χ3n) is 4.42. The molecule has 2 amide bonds. The number of anilines is 2. The average Bonchev–Trinajstić information content (AvgIpc) is 2.79. The van der Waals surface area contributed by atoms with Gasteiger partial charge < -0.3 is 10.2 Å². The van der Waals surface area contributed by atoms with Crippen LogP contribution in [0.2, 0.25) is 0 Å². The average molecular weight is 450 g/mol. The number of benzene rings is 3. The van der Waals surface area contributed by atoms with E-state index in [9.17, 15) is 18.0 Å². The molecule has 8 heteroatoms. The van der Waals surface area contributed by atoms with Crippen LogP contribution in [0.15, 0.2) is 90.3 Å². The number of rotatable bonds is 8. The summed E-state index contributed by atoms with van der Waals surface area (Å²) in [5, 5.41) is 3.81. The van der Waals surface area contributed by atoms with Crippen molar-refractivity contribution in [3.05, 3.63) is 101 Å². The van der Waals surface area contributed by atoms with E-state index in [-0.39, 0.29) is 18.4 Å². The summed E-state index contributed by atoms with van der Waals surface area (Å²) in [6.45, 7) is -0.119. The molecule has 0 unspecified atom stereocenters. The highest BCUT2D eigenvalue weighted by atomic mass is 32.2. The molecule has 0 atom stereocenters. The molecule has 0 aliphatic rings. The first-order valence-electron chi connectivity index (χ1n) is 9.79. The maximum absolute atomic E-state index is 12.6. The summed E-state index contributed by atoms with van der Waals surface area (Å²) >= 11 is 0. The Labute approximate surface area is 187 Å². The number of para-hydroxylation sites is 1. The maximum Gasteiger partial charge on any atom is 0.255 e. The lowest BCUT2D eigenvalue weighted by atomic mass is 10.2. The fraction of sp³-hybridized carbons (Fsp3) is 0.0833. The smallest absolute Gasteiger partial charge is 0.255 e. The molecule has 0 saturated carbocycles. The molecule has 0 spiro atoms. The van der Waals surface area contributed by atoms with Crippen LogP contribution in [0.25, 0.3) is 6.08 Å². The van der Waals surface area contributed by atoms with Gasteiger partial charge in [-0.3, -0.25) is 14.3 Å². The molecule has 3 aromatic rings. The highest BCUT2D eigenvalue weighted by Gasteiger charge is 2.15. The van der Waals surface area contributed by atoms with E-state index in [0.717, 1.165) is 11.0 Å². The first-order chi connectivity index (χ1) is 15.3. The molecule has 7 nitrogen and oxygen atoms in total. The number of nitrogens with zero attached hydrogens (tertiary/aromatic N) is 1. The van der Waals surface area contributed by atoms with Gasteiger partial charge in [0.05, 0.1) is 12.0 Å². The topological polar surface area (TPSA) is 95.6 Å². The van der Waals surface area contributed by atoms with Gasteiger partial charge in [0.1, 0.15) is 0 Å². The van der Waals surface area contributed by atoms with Crippen LogP contribution in [0.5, 0.6) is 0 Å². The number of carbonyl (C=O) groups excluding carboxylic acids is 2. The molecular formula is C24H23N3O4S. The van der Waals surface area contributed by atoms with Crippen molar-refractivity contribution in [2.45, 2.75) is 0 Å². The monoisotopic (exact) mass is 449 g/mol. The second-order valence-corrected chi connectivity index (χ2v) is 8.58. The molecule has 3 rings (SSSR count). The van der Waals surface area contributed by atoms with Crippen molar-refractivity contribution < 1.29 is 18.0 Å². The largest absolute Gasteiger partial charge is 0.332 e. The van der Waals surface area contributed by atoms with Crippen LogP contribution in [0.1, 0.15) is 15.9 Å². The second kappa shape index (κ2) is 10.4. The lowest BCUT2D eigenvalue weighted by Gasteiger charge is -2.17. The first-order valence-corrected chi connectivity index (χ1v) is 11.3. The summed E-state index contributed by atoms with van der Waals surface area (Å²) in [5.74, 6) is -0.673. The third-order valence-corrected chi connectivity index (χ3v) is 5.43. The zero-order valence-corrected chi connectivity index (χ0v) is 18.2. The highest BCUT2D eigenvalue weighted by Crippen LogP contribution is 2.14. The molecule has 0 bridgehead atoms. The normalized spacial score (nSPS) is 11.2. The van der Waals surface area contributed by atoms with E-state index in [0.29, 0.717) is 16.9 Å². The van der Waals surface area contributed by atoms with Crippen molar-refractivity contribution in [3.63, 3.8) is 0 Å². The fourth-order valence-corrected chi connectivity index (χ4v) is 3.71. The van der Waals surface area contributed by atoms with Crippen molar-refractivity contribution >= 4 is 39.3 Å². The molecule has 2 N–H and O–H groups in total. The maximum atomic E-state index is 12.6. The Morgan fingerprint density at radius 3 is 2.06 bits per heavy atom. The minimum absolute atomic E-state index is 0.119. The molecule has 0 aliphatic carbocycles. The Balaban J connectivity index is 1.57. The van der Waals surface area contributed by atoms with Gasteiger partial charge in [0.25, 0.3) is 15.9 Å². The van der Waals surface area contributed by atoms with E-state index in [1.807, 2.05) is 24.3 Å². The van der Waals surface area contributed by atoms with Crippen molar-refractivity contribution in [2.24, 2.45) is 0 Å². The predicted octanol–water partition coefficient (Wildman–Crippen LogP) is 3.81. The van der Waals surface area contributed by atoms with E-state index >= 15 is 0 Å². The number of likely N-dealkylation sites (N-methyl/N-ethyl adjacent to an activating group) is 1. The molecule has 0 fully saturated rings. The zero-order chi connectivity index (χ0) is 23.0. The van der Waals surface area contributed by atoms with Gasteiger partial charge in [-0.25, -0.2) is 8.42 Å². The minimum atomic E-state index is -3.71. The summed E-state index contributed by atoms with van der Waals surface area (Å²) in [4.78, 5) is 26.0. The molecule has 0 saturated heterocycles. The van der Waals surface area contributed by atoms with Crippen molar-refractivity contribution in [1.82, 2.24) is 4.90 Å². The number of hydrogen-bond acceptors (Lipinski definition) is 4. The zero-order valence-electron chi connectivity index (χ0n) is 17.4. The van der Waals surface area contributed by atoms with Gasteiger partial charge in [-0.05, 0) is 48.0 Å². The Bertz CT molecular complexity index is 1190. The van der Waals surface area contributed by atoms with E-state index in [4.69, 9.17) is 0 Å². The second-order valence-electron chi connectivity index (χ2n) is 7.01. The molecule has 0 heterocycles. The Morgan fingerprint density at radius 2 is 1.44 bits per heavy atom. The molecule has 0 radical (unpaired) electrons. The number of amides is 2. The van der Waals surface area contributed by atoms with Gasteiger partial charge in [0.2, 0.25) is 5.91 Å². The summed E-state index contributed by atoms with van der Waals surface area (Å²) in [7, 11) is -2.18. The summed E-state index contributed by atoms with van der Waals surface area (Å²) < 4.78 is 26.9. The van der Waals surface area contributed by atoms with Gasteiger partial charge in [0, 0.05) is 24.0 Å². The minimum Gasteiger partial charge on any atom is -0.332 e. The first kappa shape index (κ1) is 22.8. The number of nitrogens with one attached hydrogen (secondary N) is 2. The number of hydrogen-bond donors (Lipinski definition) is 2. The van der Waals surface area contributed by atoms with Crippen LogP contribution >= 0.6 is 0 Å². The Morgan fingerprint density at radius 1 is 0.844 bits per heavy atom. The third kappa shape index (κ3) is 6.82. The lowest BCUT2D eigenvalue weighted by Crippen LogP contribution is -2.34. The van der Waals surface area contributed by atoms with Gasteiger partial charge in [-0.15, -0.1) is 0 Å². The van der Waals surface area contributed by atoms with Crippen LogP contribution < -0.4 is 10.0 Å². The van der Waals surface area contributed by atoms with Crippen molar-refractivity contribution in [1.29, 1.82) is 0 Å². The number of sulfonamides is 1. The van der Waals surface area contributed by atoms with Crippen molar-refractivity contribution in [3.8, 4) is 0 Å². The van der Waals surface area contributed by atoms with Crippen LogP contribution in [-0.4, -0.2) is 38.7 Å². The molecule has 0 aliphatic heterocycles. The van der Waals surface area contributed by atoms with Crippen LogP contribution in [-0.2, 0) is 14.8 Å². The summed E-state index contributed by atoms with van der Waals surface area (Å²) in [6.07, 6.45) is 1.50. The van der Waals surface area contributed by atoms with Gasteiger partial charge in [-0.2, -0.15) is 0 Å². The van der Waals surface area contributed by atoms with E-state index in [1.165, 1.54) is 42.3 Å². The van der Waals surface area contributed by atoms with E-state index in [2.05, 4.69) is 10.0 Å². The fourth-order valence-electron chi connectivity index (χ4n) is 2.84.